The smallest absolute Gasteiger partial charge is 0.260 e. The maximum absolute atomic E-state index is 12.2. The van der Waals surface area contributed by atoms with Crippen LogP contribution < -0.4 is 10.5 Å². The quantitative estimate of drug-likeness (QED) is 0.923. The molecule has 1 saturated heterocycles. The molecule has 0 spiro atoms. The van der Waals surface area contributed by atoms with Gasteiger partial charge in [0, 0.05) is 30.2 Å². The van der Waals surface area contributed by atoms with Crippen molar-refractivity contribution in [2.45, 2.75) is 25.8 Å². The number of hydrogen-bond acceptors (Lipinski definition) is 3. The van der Waals surface area contributed by atoms with Gasteiger partial charge in [0.25, 0.3) is 5.91 Å². The van der Waals surface area contributed by atoms with Crippen LogP contribution in [0.15, 0.2) is 18.2 Å². The highest BCUT2D eigenvalue weighted by molar-refractivity contribution is 6.34. The molecule has 2 rings (SSSR count). The third kappa shape index (κ3) is 4.50. The van der Waals surface area contributed by atoms with Crippen LogP contribution in [0.2, 0.25) is 10.0 Å². The van der Waals surface area contributed by atoms with Crippen molar-refractivity contribution >= 4 is 29.1 Å². The second kappa shape index (κ2) is 7.34. The van der Waals surface area contributed by atoms with Crippen molar-refractivity contribution in [2.75, 3.05) is 19.7 Å². The van der Waals surface area contributed by atoms with Crippen LogP contribution in [0.3, 0.4) is 0 Å². The Morgan fingerprint density at radius 3 is 3.00 bits per heavy atom. The largest absolute Gasteiger partial charge is 0.482 e. The molecule has 4 nitrogen and oxygen atoms in total. The van der Waals surface area contributed by atoms with E-state index in [9.17, 15) is 4.79 Å². The molecular formula is C15H20Cl2N2O2. The summed E-state index contributed by atoms with van der Waals surface area (Å²) in [7, 11) is 0. The van der Waals surface area contributed by atoms with Gasteiger partial charge in [-0.05, 0) is 37.8 Å². The molecule has 1 aromatic carbocycles. The van der Waals surface area contributed by atoms with Gasteiger partial charge < -0.3 is 15.4 Å². The first-order valence-electron chi connectivity index (χ1n) is 7.08. The fraction of sp³-hybridized carbons (Fsp3) is 0.533. The lowest BCUT2D eigenvalue weighted by Crippen LogP contribution is -2.46. The minimum atomic E-state index is -0.0450. The first-order valence-corrected chi connectivity index (χ1v) is 7.84. The predicted molar refractivity (Wildman–Crippen MR) is 84.9 cm³/mol. The molecular weight excluding hydrogens is 311 g/mol. The summed E-state index contributed by atoms with van der Waals surface area (Å²) in [6, 6.07) is 5.04. The van der Waals surface area contributed by atoms with Gasteiger partial charge in [-0.15, -0.1) is 0 Å². The summed E-state index contributed by atoms with van der Waals surface area (Å²) in [4.78, 5) is 14.0. The summed E-state index contributed by atoms with van der Waals surface area (Å²) in [5.41, 5.74) is 5.93. The molecule has 1 aliphatic heterocycles. The van der Waals surface area contributed by atoms with Crippen LogP contribution in [0, 0.1) is 5.92 Å². The SMILES string of the molecule is CC(N)C1CCCN(C(=O)COc2cc(Cl)ccc2Cl)C1. The third-order valence-electron chi connectivity index (χ3n) is 3.80. The lowest BCUT2D eigenvalue weighted by Gasteiger charge is -2.34. The Labute approximate surface area is 135 Å². The van der Waals surface area contributed by atoms with Gasteiger partial charge in [-0.1, -0.05) is 23.2 Å². The number of likely N-dealkylation sites (tertiary alicyclic amines) is 1. The molecule has 0 aliphatic carbocycles. The molecule has 0 radical (unpaired) electrons. The Bertz CT molecular complexity index is 508. The number of rotatable bonds is 4. The molecule has 1 fully saturated rings. The number of carbonyl (C=O) groups is 1. The third-order valence-corrected chi connectivity index (χ3v) is 4.35. The van der Waals surface area contributed by atoms with Crippen LogP contribution in [0.4, 0.5) is 0 Å². The van der Waals surface area contributed by atoms with Crippen molar-refractivity contribution in [1.82, 2.24) is 4.90 Å². The number of benzene rings is 1. The van der Waals surface area contributed by atoms with E-state index in [1.54, 1.807) is 18.2 Å². The van der Waals surface area contributed by atoms with Crippen molar-refractivity contribution in [2.24, 2.45) is 11.7 Å². The van der Waals surface area contributed by atoms with Gasteiger partial charge in [0.2, 0.25) is 0 Å². The summed E-state index contributed by atoms with van der Waals surface area (Å²) in [6.07, 6.45) is 2.05. The Hall–Kier alpha value is -0.970. The Kier molecular flexibility index (Phi) is 5.73. The van der Waals surface area contributed by atoms with Crippen LogP contribution in [0.25, 0.3) is 0 Å². The highest BCUT2D eigenvalue weighted by Crippen LogP contribution is 2.27. The Morgan fingerprint density at radius 1 is 1.52 bits per heavy atom. The van der Waals surface area contributed by atoms with Crippen molar-refractivity contribution in [3.63, 3.8) is 0 Å². The molecule has 1 aromatic rings. The van der Waals surface area contributed by atoms with Crippen LogP contribution in [0.1, 0.15) is 19.8 Å². The molecule has 2 unspecified atom stereocenters. The number of carbonyl (C=O) groups excluding carboxylic acids is 1. The number of hydrogen-bond donors (Lipinski definition) is 1. The van der Waals surface area contributed by atoms with Gasteiger partial charge in [-0.3, -0.25) is 4.79 Å². The zero-order valence-electron chi connectivity index (χ0n) is 12.0. The molecule has 6 heteroatoms. The van der Waals surface area contributed by atoms with Gasteiger partial charge in [0.05, 0.1) is 5.02 Å². The summed E-state index contributed by atoms with van der Waals surface area (Å²) < 4.78 is 5.49. The molecule has 1 aliphatic rings. The summed E-state index contributed by atoms with van der Waals surface area (Å²) in [5.74, 6) is 0.743. The van der Waals surface area contributed by atoms with Gasteiger partial charge in [0.15, 0.2) is 6.61 Å². The number of nitrogens with zero attached hydrogens (tertiary/aromatic N) is 1. The molecule has 116 valence electrons. The van der Waals surface area contributed by atoms with E-state index >= 15 is 0 Å². The summed E-state index contributed by atoms with van der Waals surface area (Å²) in [5, 5.41) is 0.969. The van der Waals surface area contributed by atoms with E-state index in [4.69, 9.17) is 33.7 Å². The Morgan fingerprint density at radius 2 is 2.29 bits per heavy atom. The number of halogens is 2. The molecule has 2 N–H and O–H groups in total. The normalized spacial score (nSPS) is 20.2. The molecule has 2 atom stereocenters. The molecule has 0 saturated carbocycles. The Balaban J connectivity index is 1.91. The van der Waals surface area contributed by atoms with Crippen LogP contribution in [-0.4, -0.2) is 36.5 Å². The van der Waals surface area contributed by atoms with Gasteiger partial charge in [0.1, 0.15) is 5.75 Å². The molecule has 1 amide bonds. The van der Waals surface area contributed by atoms with Crippen LogP contribution >= 0.6 is 23.2 Å². The number of ether oxygens (including phenoxy) is 1. The molecule has 1 heterocycles. The van der Waals surface area contributed by atoms with Gasteiger partial charge in [-0.25, -0.2) is 0 Å². The average molecular weight is 331 g/mol. The topological polar surface area (TPSA) is 55.6 Å². The zero-order valence-corrected chi connectivity index (χ0v) is 13.5. The highest BCUT2D eigenvalue weighted by atomic mass is 35.5. The fourth-order valence-electron chi connectivity index (χ4n) is 2.48. The number of piperidine rings is 1. The van der Waals surface area contributed by atoms with Gasteiger partial charge >= 0.3 is 0 Å². The van der Waals surface area contributed by atoms with Crippen LogP contribution in [-0.2, 0) is 4.79 Å². The lowest BCUT2D eigenvalue weighted by molar-refractivity contribution is -0.135. The van der Waals surface area contributed by atoms with Crippen molar-refractivity contribution in [1.29, 1.82) is 0 Å². The van der Waals surface area contributed by atoms with E-state index in [1.807, 2.05) is 11.8 Å². The maximum Gasteiger partial charge on any atom is 0.260 e. The summed E-state index contributed by atoms with van der Waals surface area (Å²) >= 11 is 11.9. The fourth-order valence-corrected chi connectivity index (χ4v) is 2.82. The molecule has 0 aromatic heterocycles. The van der Waals surface area contributed by atoms with E-state index in [-0.39, 0.29) is 18.6 Å². The lowest BCUT2D eigenvalue weighted by atomic mass is 9.92. The van der Waals surface area contributed by atoms with Gasteiger partial charge in [-0.2, -0.15) is 0 Å². The van der Waals surface area contributed by atoms with E-state index in [2.05, 4.69) is 0 Å². The van der Waals surface area contributed by atoms with E-state index in [0.29, 0.717) is 28.3 Å². The second-order valence-corrected chi connectivity index (χ2v) is 6.31. The minimum Gasteiger partial charge on any atom is -0.482 e. The van der Waals surface area contributed by atoms with E-state index in [1.165, 1.54) is 0 Å². The monoisotopic (exact) mass is 330 g/mol. The van der Waals surface area contributed by atoms with Crippen molar-refractivity contribution in [3.05, 3.63) is 28.2 Å². The zero-order chi connectivity index (χ0) is 15.4. The molecule has 0 bridgehead atoms. The first kappa shape index (κ1) is 16.4. The maximum atomic E-state index is 12.2. The number of amides is 1. The van der Waals surface area contributed by atoms with E-state index in [0.717, 1.165) is 19.4 Å². The molecule has 21 heavy (non-hydrogen) atoms. The number of nitrogens with two attached hydrogens (primary N) is 1. The predicted octanol–water partition coefficient (Wildman–Crippen LogP) is 2.96. The highest BCUT2D eigenvalue weighted by Gasteiger charge is 2.26. The summed E-state index contributed by atoms with van der Waals surface area (Å²) in [6.45, 7) is 3.41. The second-order valence-electron chi connectivity index (χ2n) is 5.46. The van der Waals surface area contributed by atoms with Crippen molar-refractivity contribution in [3.8, 4) is 5.75 Å². The standard InChI is InChI=1S/C15H20Cl2N2O2/c1-10(18)11-3-2-6-19(8-11)15(20)9-21-14-7-12(16)4-5-13(14)17/h4-5,7,10-11H,2-3,6,8-9,18H2,1H3. The van der Waals surface area contributed by atoms with E-state index < -0.39 is 0 Å². The van der Waals surface area contributed by atoms with Crippen molar-refractivity contribution < 1.29 is 9.53 Å². The average Bonchev–Trinajstić information content (AvgIpc) is 2.48. The van der Waals surface area contributed by atoms with Crippen LogP contribution in [0.5, 0.6) is 5.75 Å². The first-order chi connectivity index (χ1) is 9.97. The minimum absolute atomic E-state index is 0.0360.